The molecule has 4 aromatic heterocycles. The van der Waals surface area contributed by atoms with Crippen molar-refractivity contribution in [3.63, 3.8) is 0 Å². The van der Waals surface area contributed by atoms with Gasteiger partial charge in [0, 0.05) is 65.3 Å². The Hall–Kier alpha value is -4.49. The molecule has 5 aromatic rings. The van der Waals surface area contributed by atoms with Crippen LogP contribution in [0.5, 0.6) is 5.75 Å². The Kier molecular flexibility index (Phi) is 7.05. The van der Waals surface area contributed by atoms with Crippen LogP contribution >= 0.6 is 0 Å². The van der Waals surface area contributed by atoms with E-state index < -0.39 is 0 Å². The lowest BCUT2D eigenvalue weighted by Gasteiger charge is -2.36. The summed E-state index contributed by atoms with van der Waals surface area (Å²) >= 11 is 0. The normalized spacial score (nSPS) is 14.4. The van der Waals surface area contributed by atoms with Crippen molar-refractivity contribution in [2.24, 2.45) is 7.05 Å². The molecule has 0 bridgehead atoms. The van der Waals surface area contributed by atoms with Gasteiger partial charge in [-0.25, -0.2) is 9.78 Å². The van der Waals surface area contributed by atoms with Crippen molar-refractivity contribution in [1.82, 2.24) is 38.6 Å². The van der Waals surface area contributed by atoms with Crippen molar-refractivity contribution >= 4 is 28.4 Å². The Morgan fingerprint density at radius 2 is 1.75 bits per heavy atom. The van der Waals surface area contributed by atoms with Crippen LogP contribution in [-0.2, 0) is 18.3 Å². The van der Waals surface area contributed by atoms with Crippen molar-refractivity contribution in [3.05, 3.63) is 59.1 Å². The van der Waals surface area contributed by atoms with E-state index in [0.29, 0.717) is 48.1 Å². The number of ether oxygens (including phenoxy) is 2. The molecule has 0 aliphatic carbocycles. The molecule has 6 rings (SSSR count). The number of anilines is 2. The molecule has 0 radical (unpaired) electrons. The quantitative estimate of drug-likeness (QED) is 0.270. The zero-order valence-corrected chi connectivity index (χ0v) is 22.6. The summed E-state index contributed by atoms with van der Waals surface area (Å²) in [6.45, 7) is 5.89. The van der Waals surface area contributed by atoms with E-state index in [2.05, 4.69) is 42.0 Å². The fourth-order valence-electron chi connectivity index (χ4n) is 5.06. The molecule has 13 heteroatoms. The molecule has 1 saturated heterocycles. The number of imidazole rings is 1. The van der Waals surface area contributed by atoms with Crippen LogP contribution in [0.2, 0.25) is 0 Å². The number of aryl methyl sites for hydroxylation is 1. The van der Waals surface area contributed by atoms with E-state index in [1.807, 2.05) is 30.3 Å². The molecule has 1 fully saturated rings. The summed E-state index contributed by atoms with van der Waals surface area (Å²) in [6.07, 6.45) is 1.68. The van der Waals surface area contributed by atoms with Crippen molar-refractivity contribution in [2.75, 3.05) is 63.7 Å². The van der Waals surface area contributed by atoms with Gasteiger partial charge in [-0.05, 0) is 36.4 Å². The van der Waals surface area contributed by atoms with Gasteiger partial charge in [0.15, 0.2) is 11.3 Å². The van der Waals surface area contributed by atoms with Crippen molar-refractivity contribution in [2.45, 2.75) is 6.54 Å². The summed E-state index contributed by atoms with van der Waals surface area (Å²) in [4.78, 5) is 31.5. The van der Waals surface area contributed by atoms with E-state index in [1.165, 1.54) is 10.2 Å². The third-order valence-electron chi connectivity index (χ3n) is 7.24. The molecule has 0 saturated carbocycles. The summed E-state index contributed by atoms with van der Waals surface area (Å²) in [6, 6.07) is 13.7. The molecule has 40 heavy (non-hydrogen) atoms. The molecular weight excluding hydrogens is 512 g/mol. The summed E-state index contributed by atoms with van der Waals surface area (Å²) in [7, 11) is 3.38. The minimum Gasteiger partial charge on any atom is -0.491 e. The van der Waals surface area contributed by atoms with Gasteiger partial charge in [0.05, 0.1) is 6.61 Å². The van der Waals surface area contributed by atoms with Crippen LogP contribution in [0, 0.1) is 0 Å². The van der Waals surface area contributed by atoms with Crippen LogP contribution < -0.4 is 21.1 Å². The molecule has 0 unspecified atom stereocenters. The second-order valence-corrected chi connectivity index (χ2v) is 9.69. The Bertz CT molecular complexity index is 1670. The van der Waals surface area contributed by atoms with Gasteiger partial charge in [0.2, 0.25) is 11.8 Å². The molecule has 0 amide bonds. The van der Waals surface area contributed by atoms with Gasteiger partial charge in [-0.3, -0.25) is 19.0 Å². The Morgan fingerprint density at radius 3 is 2.48 bits per heavy atom. The number of pyridine rings is 1. The summed E-state index contributed by atoms with van der Waals surface area (Å²) in [5, 5.41) is 4.49. The lowest BCUT2D eigenvalue weighted by atomic mass is 10.2. The number of hydrogen-bond acceptors (Lipinski definition) is 10. The van der Waals surface area contributed by atoms with Gasteiger partial charge in [-0.15, -0.1) is 5.10 Å². The minimum absolute atomic E-state index is 0.163. The van der Waals surface area contributed by atoms with Gasteiger partial charge in [0.1, 0.15) is 23.6 Å². The van der Waals surface area contributed by atoms with Crippen LogP contribution in [-0.4, -0.2) is 91.6 Å². The molecule has 1 aliphatic heterocycles. The number of piperazine rings is 1. The second-order valence-electron chi connectivity index (χ2n) is 9.69. The highest BCUT2D eigenvalue weighted by Crippen LogP contribution is 2.23. The molecule has 208 valence electrons. The minimum atomic E-state index is -0.163. The molecule has 0 atom stereocenters. The average Bonchev–Trinajstić information content (AvgIpc) is 3.53. The topological polar surface area (TPSA) is 134 Å². The lowest BCUT2D eigenvalue weighted by Crippen LogP contribution is -2.47. The number of rotatable bonds is 9. The van der Waals surface area contributed by atoms with Crippen molar-refractivity contribution in [3.8, 4) is 17.3 Å². The monoisotopic (exact) mass is 544 g/mol. The number of nitrogen functional groups attached to an aromatic ring is 1. The smallest absolute Gasteiger partial charge is 0.330 e. The largest absolute Gasteiger partial charge is 0.491 e. The number of benzene rings is 1. The Balaban J connectivity index is 1.15. The third kappa shape index (κ3) is 4.84. The zero-order valence-electron chi connectivity index (χ0n) is 22.6. The van der Waals surface area contributed by atoms with Gasteiger partial charge in [-0.2, -0.15) is 9.50 Å². The maximum Gasteiger partial charge on any atom is 0.330 e. The van der Waals surface area contributed by atoms with Crippen molar-refractivity contribution < 1.29 is 9.47 Å². The fraction of sp³-hybridized carbons (Fsp3) is 0.370. The summed E-state index contributed by atoms with van der Waals surface area (Å²) in [5.74, 6) is 1.43. The van der Waals surface area contributed by atoms with Crippen LogP contribution in [0.15, 0.2) is 53.5 Å². The van der Waals surface area contributed by atoms with E-state index in [1.54, 1.807) is 29.5 Å². The standard InChI is InChI=1S/C27H32N10O3/c1-33-22-24(31-26(28)37-25(22)30-23(32-37)21-5-3-4-10-29-21)36(27(33)38)16-13-34-11-14-35(15-12-34)19-6-8-20(9-7-19)40-18-17-39-2/h3-10H,11-18H2,1-2H3,(H2,28,31). The second kappa shape index (κ2) is 10.9. The molecule has 13 nitrogen and oxygen atoms in total. The molecule has 2 N–H and O–H groups in total. The average molecular weight is 545 g/mol. The molecule has 1 aromatic carbocycles. The summed E-state index contributed by atoms with van der Waals surface area (Å²) < 4.78 is 15.4. The first-order valence-corrected chi connectivity index (χ1v) is 13.3. The molecular formula is C27H32N10O3. The SMILES string of the molecule is COCCOc1ccc(N2CCN(CCn3c(=O)n(C)c4c3nc(N)n3nc(-c5ccccn5)nc43)CC2)cc1. The Labute approximate surface area is 230 Å². The lowest BCUT2D eigenvalue weighted by molar-refractivity contribution is 0.146. The third-order valence-corrected chi connectivity index (χ3v) is 7.24. The van der Waals surface area contributed by atoms with E-state index in [-0.39, 0.29) is 11.6 Å². The van der Waals surface area contributed by atoms with Crippen LogP contribution in [0.25, 0.3) is 28.3 Å². The van der Waals surface area contributed by atoms with Crippen LogP contribution in [0.1, 0.15) is 0 Å². The van der Waals surface area contributed by atoms with E-state index in [0.717, 1.165) is 38.5 Å². The fourth-order valence-corrected chi connectivity index (χ4v) is 5.06. The maximum atomic E-state index is 13.3. The Morgan fingerprint density at radius 1 is 0.950 bits per heavy atom. The molecule has 0 spiro atoms. The number of aromatic nitrogens is 7. The van der Waals surface area contributed by atoms with Crippen LogP contribution in [0.3, 0.4) is 0 Å². The predicted molar refractivity (Wildman–Crippen MR) is 152 cm³/mol. The highest BCUT2D eigenvalue weighted by atomic mass is 16.5. The zero-order chi connectivity index (χ0) is 27.6. The van der Waals surface area contributed by atoms with E-state index >= 15 is 0 Å². The number of fused-ring (bicyclic) bond motifs is 3. The maximum absolute atomic E-state index is 13.3. The van der Waals surface area contributed by atoms with Gasteiger partial charge in [0.25, 0.3) is 0 Å². The first-order chi connectivity index (χ1) is 19.5. The number of methoxy groups -OCH3 is 1. The molecule has 5 heterocycles. The van der Waals surface area contributed by atoms with E-state index in [9.17, 15) is 4.79 Å². The van der Waals surface area contributed by atoms with Gasteiger partial charge >= 0.3 is 5.69 Å². The first kappa shape index (κ1) is 25.8. The van der Waals surface area contributed by atoms with Crippen molar-refractivity contribution in [1.29, 1.82) is 0 Å². The van der Waals surface area contributed by atoms with E-state index in [4.69, 9.17) is 15.2 Å². The number of hydrogen-bond donors (Lipinski definition) is 1. The van der Waals surface area contributed by atoms with Gasteiger partial charge < -0.3 is 20.1 Å². The van der Waals surface area contributed by atoms with Crippen LogP contribution in [0.4, 0.5) is 11.6 Å². The number of nitrogens with two attached hydrogens (primary N) is 1. The number of nitrogens with zero attached hydrogens (tertiary/aromatic N) is 9. The summed E-state index contributed by atoms with van der Waals surface area (Å²) in [5.41, 5.74) is 9.47. The highest BCUT2D eigenvalue weighted by Gasteiger charge is 2.22. The predicted octanol–water partition coefficient (Wildman–Crippen LogP) is 1.27. The first-order valence-electron chi connectivity index (χ1n) is 13.3. The molecule has 1 aliphatic rings. The van der Waals surface area contributed by atoms with Gasteiger partial charge in [-0.1, -0.05) is 6.07 Å². The highest BCUT2D eigenvalue weighted by molar-refractivity contribution is 5.88.